The molecular weight excluding hydrogens is 398 g/mol. The summed E-state index contributed by atoms with van der Waals surface area (Å²) in [7, 11) is 0. The number of nitrogens with zero attached hydrogens (tertiary/aromatic N) is 1. The summed E-state index contributed by atoms with van der Waals surface area (Å²) in [6, 6.07) is 24.6. The fourth-order valence-corrected chi connectivity index (χ4v) is 3.39. The van der Waals surface area contributed by atoms with Gasteiger partial charge in [0.1, 0.15) is 0 Å². The first-order valence-electron chi connectivity index (χ1n) is 9.38. The molecule has 0 heterocycles. The lowest BCUT2D eigenvalue weighted by atomic mass is 9.97. The third kappa shape index (κ3) is 4.31. The normalized spacial score (nSPS) is 11.1. The summed E-state index contributed by atoms with van der Waals surface area (Å²) >= 11 is 5.81. The fourth-order valence-electron chi connectivity index (χ4n) is 3.26. The number of halogens is 1. The van der Waals surface area contributed by atoms with E-state index in [0.29, 0.717) is 10.6 Å². The molecule has 0 spiro atoms. The minimum Gasteiger partial charge on any atom is -0.343 e. The predicted molar refractivity (Wildman–Crippen MR) is 121 cm³/mol. The molecule has 0 aliphatic rings. The van der Waals surface area contributed by atoms with Crippen LogP contribution in [0.1, 0.15) is 15.9 Å². The number of amides is 2. The molecule has 4 rings (SSSR count). The van der Waals surface area contributed by atoms with Crippen molar-refractivity contribution in [3.63, 3.8) is 0 Å². The van der Waals surface area contributed by atoms with Crippen LogP contribution in [0.3, 0.4) is 0 Å². The molecule has 0 aromatic heterocycles. The third-order valence-corrected chi connectivity index (χ3v) is 4.96. The van der Waals surface area contributed by atoms with E-state index in [-0.39, 0.29) is 12.5 Å². The van der Waals surface area contributed by atoms with Gasteiger partial charge in [0.25, 0.3) is 11.8 Å². The predicted octanol–water partition coefficient (Wildman–Crippen LogP) is 4.53. The van der Waals surface area contributed by atoms with Crippen molar-refractivity contribution in [3.05, 3.63) is 95.0 Å². The van der Waals surface area contributed by atoms with Gasteiger partial charge in [0, 0.05) is 16.1 Å². The van der Waals surface area contributed by atoms with Crippen LogP contribution < -0.4 is 10.7 Å². The molecule has 4 aromatic rings. The molecule has 0 aliphatic heterocycles. The molecule has 2 N–H and O–H groups in total. The van der Waals surface area contributed by atoms with Gasteiger partial charge in [-0.3, -0.25) is 9.59 Å². The maximum Gasteiger partial charge on any atom is 0.259 e. The number of fused-ring (bicyclic) bond motifs is 2. The molecule has 4 aromatic carbocycles. The number of nitrogens with one attached hydrogen (secondary N) is 2. The van der Waals surface area contributed by atoms with Crippen LogP contribution in [-0.4, -0.2) is 24.6 Å². The summed E-state index contributed by atoms with van der Waals surface area (Å²) in [4.78, 5) is 24.2. The molecule has 0 aliphatic carbocycles. The van der Waals surface area contributed by atoms with Gasteiger partial charge in [-0.25, -0.2) is 5.43 Å². The number of carbonyl (C=O) groups excluding carboxylic acids is 2. The lowest BCUT2D eigenvalue weighted by Crippen LogP contribution is -2.34. The number of hydrogen-bond acceptors (Lipinski definition) is 3. The van der Waals surface area contributed by atoms with Crippen molar-refractivity contribution >= 4 is 51.2 Å². The number of carbonyl (C=O) groups is 2. The van der Waals surface area contributed by atoms with Crippen LogP contribution in [-0.2, 0) is 4.79 Å². The molecule has 6 heteroatoms. The van der Waals surface area contributed by atoms with Gasteiger partial charge in [0.05, 0.1) is 12.8 Å². The number of benzene rings is 4. The summed E-state index contributed by atoms with van der Waals surface area (Å²) in [6.07, 6.45) is 1.64. The standard InChI is InChI=1S/C24H18ClN3O2/c25-19-11-9-16(10-12-19)24(30)26-15-23(29)28-27-14-22-20-7-3-1-5-17(20)13-18-6-2-4-8-21(18)22/h1-14H,15H2,(H,26,30)(H,28,29)/b27-14+. The molecule has 5 nitrogen and oxygen atoms in total. The first kappa shape index (κ1) is 19.6. The molecule has 0 saturated carbocycles. The second kappa shape index (κ2) is 8.76. The fraction of sp³-hybridized carbons (Fsp3) is 0.0417. The van der Waals surface area contributed by atoms with Gasteiger partial charge in [-0.05, 0) is 51.9 Å². The van der Waals surface area contributed by atoms with E-state index in [4.69, 9.17) is 11.6 Å². The Morgan fingerprint density at radius 3 is 2.10 bits per heavy atom. The van der Waals surface area contributed by atoms with Crippen LogP contribution in [0.5, 0.6) is 0 Å². The molecule has 0 unspecified atom stereocenters. The SMILES string of the molecule is O=C(CNC(=O)c1ccc(Cl)cc1)N/N=C/c1c2ccccc2cc2ccccc12. The largest absolute Gasteiger partial charge is 0.343 e. The monoisotopic (exact) mass is 415 g/mol. The van der Waals surface area contributed by atoms with Crippen LogP contribution in [0.25, 0.3) is 21.5 Å². The molecule has 0 radical (unpaired) electrons. The first-order valence-corrected chi connectivity index (χ1v) is 9.76. The van der Waals surface area contributed by atoms with Crippen LogP contribution in [0.15, 0.2) is 84.0 Å². The Morgan fingerprint density at radius 2 is 1.47 bits per heavy atom. The van der Waals surface area contributed by atoms with Gasteiger partial charge in [-0.2, -0.15) is 5.10 Å². The summed E-state index contributed by atoms with van der Waals surface area (Å²) in [5.74, 6) is -0.774. The van der Waals surface area contributed by atoms with E-state index in [0.717, 1.165) is 27.1 Å². The highest BCUT2D eigenvalue weighted by Crippen LogP contribution is 2.27. The van der Waals surface area contributed by atoms with Crippen molar-refractivity contribution in [1.29, 1.82) is 0 Å². The number of rotatable bonds is 5. The van der Waals surface area contributed by atoms with Crippen LogP contribution in [0.4, 0.5) is 0 Å². The van der Waals surface area contributed by atoms with Crippen molar-refractivity contribution in [1.82, 2.24) is 10.7 Å². The van der Waals surface area contributed by atoms with Gasteiger partial charge >= 0.3 is 0 Å². The van der Waals surface area contributed by atoms with Crippen molar-refractivity contribution in [2.45, 2.75) is 0 Å². The van der Waals surface area contributed by atoms with Crippen LogP contribution >= 0.6 is 11.6 Å². The average molecular weight is 416 g/mol. The number of hydrogen-bond donors (Lipinski definition) is 2. The summed E-state index contributed by atoms with van der Waals surface area (Å²) in [5.41, 5.74) is 3.82. The highest BCUT2D eigenvalue weighted by Gasteiger charge is 2.08. The van der Waals surface area contributed by atoms with Gasteiger partial charge in [0.2, 0.25) is 0 Å². The molecule has 0 atom stereocenters. The van der Waals surface area contributed by atoms with E-state index in [1.807, 2.05) is 48.5 Å². The Balaban J connectivity index is 1.46. The maximum absolute atomic E-state index is 12.1. The van der Waals surface area contributed by atoms with E-state index < -0.39 is 5.91 Å². The zero-order valence-electron chi connectivity index (χ0n) is 15.9. The van der Waals surface area contributed by atoms with Crippen molar-refractivity contribution in [2.75, 3.05) is 6.54 Å². The molecule has 2 amide bonds. The van der Waals surface area contributed by atoms with Crippen molar-refractivity contribution in [3.8, 4) is 0 Å². The molecular formula is C24H18ClN3O2. The van der Waals surface area contributed by atoms with E-state index in [1.54, 1.807) is 30.5 Å². The topological polar surface area (TPSA) is 70.6 Å². The minimum absolute atomic E-state index is 0.185. The quantitative estimate of drug-likeness (QED) is 0.285. The Morgan fingerprint density at radius 1 is 0.867 bits per heavy atom. The highest BCUT2D eigenvalue weighted by molar-refractivity contribution is 6.30. The summed E-state index contributed by atoms with van der Waals surface area (Å²) in [6.45, 7) is -0.185. The molecule has 0 bridgehead atoms. The number of hydrazone groups is 1. The van der Waals surface area contributed by atoms with E-state index in [9.17, 15) is 9.59 Å². The zero-order chi connectivity index (χ0) is 20.9. The first-order chi connectivity index (χ1) is 14.6. The van der Waals surface area contributed by atoms with Crippen molar-refractivity contribution in [2.24, 2.45) is 5.10 Å². The van der Waals surface area contributed by atoms with Gasteiger partial charge < -0.3 is 5.32 Å². The maximum atomic E-state index is 12.1. The smallest absolute Gasteiger partial charge is 0.259 e. The summed E-state index contributed by atoms with van der Waals surface area (Å²) in [5, 5.41) is 11.5. The Kier molecular flexibility index (Phi) is 5.72. The average Bonchev–Trinajstić information content (AvgIpc) is 2.77. The second-order valence-electron chi connectivity index (χ2n) is 6.72. The Hall–Kier alpha value is -3.70. The lowest BCUT2D eigenvalue weighted by molar-refractivity contribution is -0.120. The Bertz CT molecular complexity index is 1210. The minimum atomic E-state index is -0.418. The molecule has 148 valence electrons. The van der Waals surface area contributed by atoms with E-state index >= 15 is 0 Å². The highest BCUT2D eigenvalue weighted by atomic mass is 35.5. The second-order valence-corrected chi connectivity index (χ2v) is 7.15. The van der Waals surface area contributed by atoms with Gasteiger partial charge in [0.15, 0.2) is 0 Å². The van der Waals surface area contributed by atoms with Crippen LogP contribution in [0, 0.1) is 0 Å². The third-order valence-electron chi connectivity index (χ3n) is 4.71. The van der Waals surface area contributed by atoms with Gasteiger partial charge in [-0.15, -0.1) is 0 Å². The van der Waals surface area contributed by atoms with E-state index in [2.05, 4.69) is 21.9 Å². The lowest BCUT2D eigenvalue weighted by Gasteiger charge is -2.08. The zero-order valence-corrected chi connectivity index (χ0v) is 16.7. The van der Waals surface area contributed by atoms with Gasteiger partial charge in [-0.1, -0.05) is 60.1 Å². The van der Waals surface area contributed by atoms with Crippen molar-refractivity contribution < 1.29 is 9.59 Å². The molecule has 30 heavy (non-hydrogen) atoms. The van der Waals surface area contributed by atoms with Crippen LogP contribution in [0.2, 0.25) is 5.02 Å². The molecule has 0 fully saturated rings. The summed E-state index contributed by atoms with van der Waals surface area (Å²) < 4.78 is 0. The Labute approximate surface area is 178 Å². The molecule has 0 saturated heterocycles. The van der Waals surface area contributed by atoms with E-state index in [1.165, 1.54) is 0 Å².